The van der Waals surface area contributed by atoms with E-state index in [0.29, 0.717) is 11.4 Å². The third kappa shape index (κ3) is 5.86. The second kappa shape index (κ2) is 9.30. The minimum Gasteiger partial charge on any atom is -0.348 e. The number of amides is 1. The molecule has 1 amide bonds. The van der Waals surface area contributed by atoms with Crippen LogP contribution in [0.5, 0.6) is 0 Å². The molecule has 2 N–H and O–H groups in total. The summed E-state index contributed by atoms with van der Waals surface area (Å²) in [7, 11) is 0. The van der Waals surface area contributed by atoms with Gasteiger partial charge in [-0.1, -0.05) is 44.2 Å². The molecule has 0 bridgehead atoms. The zero-order valence-electron chi connectivity index (χ0n) is 13.6. The van der Waals surface area contributed by atoms with E-state index < -0.39 is 5.91 Å². The Morgan fingerprint density at radius 1 is 1.17 bits per heavy atom. The van der Waals surface area contributed by atoms with E-state index in [1.165, 1.54) is 6.20 Å². The second-order valence-corrected chi connectivity index (χ2v) is 4.57. The summed E-state index contributed by atoms with van der Waals surface area (Å²) < 4.78 is 0. The fraction of sp³-hybridized carbons (Fsp3) is 0.294. The lowest BCUT2D eigenvalue weighted by Gasteiger charge is -2.04. The van der Waals surface area contributed by atoms with Gasteiger partial charge in [0, 0.05) is 17.3 Å². The molecule has 122 valence electrons. The van der Waals surface area contributed by atoms with E-state index in [9.17, 15) is 14.4 Å². The van der Waals surface area contributed by atoms with E-state index in [-0.39, 0.29) is 29.9 Å². The molecule has 2 rings (SSSR count). The molecule has 1 heterocycles. The van der Waals surface area contributed by atoms with Gasteiger partial charge in [0.2, 0.25) is 5.91 Å². The molecule has 23 heavy (non-hydrogen) atoms. The Bertz CT molecular complexity index is 709. The largest absolute Gasteiger partial charge is 0.348 e. The molecule has 0 radical (unpaired) electrons. The van der Waals surface area contributed by atoms with E-state index in [1.807, 2.05) is 19.9 Å². The fourth-order valence-electron chi connectivity index (χ4n) is 1.78. The molecule has 0 atom stereocenters. The molecular formula is C17H21N3O3. The number of nitrogens with zero attached hydrogens (tertiary/aromatic N) is 1. The first-order valence-corrected chi connectivity index (χ1v) is 7.46. The Hall–Kier alpha value is -2.76. The van der Waals surface area contributed by atoms with Gasteiger partial charge in [0.1, 0.15) is 5.82 Å². The van der Waals surface area contributed by atoms with Gasteiger partial charge in [-0.05, 0) is 6.92 Å². The van der Waals surface area contributed by atoms with Crippen LogP contribution in [0.15, 0.2) is 41.3 Å². The lowest BCUT2D eigenvalue weighted by Crippen LogP contribution is -2.32. The van der Waals surface area contributed by atoms with E-state index >= 15 is 0 Å². The lowest BCUT2D eigenvalue weighted by molar-refractivity contribution is -0.120. The molecule has 6 heteroatoms. The summed E-state index contributed by atoms with van der Waals surface area (Å²) in [5.41, 5.74) is 0.463. The van der Waals surface area contributed by atoms with Crippen molar-refractivity contribution >= 4 is 11.7 Å². The first-order valence-electron chi connectivity index (χ1n) is 7.46. The molecule has 0 aliphatic rings. The first kappa shape index (κ1) is 18.3. The number of H-pyrrole nitrogens is 1. The summed E-state index contributed by atoms with van der Waals surface area (Å²) in [6.45, 7) is 5.56. The topological polar surface area (TPSA) is 91.9 Å². The van der Waals surface area contributed by atoms with Gasteiger partial charge in [-0.15, -0.1) is 0 Å². The normalized spacial score (nSPS) is 9.52. The zero-order chi connectivity index (χ0) is 17.2. The van der Waals surface area contributed by atoms with Crippen LogP contribution in [0.3, 0.4) is 0 Å². The Labute approximate surface area is 135 Å². The van der Waals surface area contributed by atoms with Gasteiger partial charge in [-0.3, -0.25) is 14.4 Å². The minimum absolute atomic E-state index is 0.0972. The third-order valence-electron chi connectivity index (χ3n) is 2.89. The number of benzene rings is 1. The van der Waals surface area contributed by atoms with Crippen molar-refractivity contribution < 1.29 is 9.59 Å². The molecule has 1 aromatic carbocycles. The Morgan fingerprint density at radius 2 is 1.83 bits per heavy atom. The van der Waals surface area contributed by atoms with E-state index in [1.54, 1.807) is 31.2 Å². The molecular weight excluding hydrogens is 294 g/mol. The molecule has 6 nitrogen and oxygen atoms in total. The number of carbonyl (C=O) groups is 2. The number of aryl methyl sites for hydroxylation is 1. The summed E-state index contributed by atoms with van der Waals surface area (Å²) in [5, 5.41) is 2.50. The predicted octanol–water partition coefficient (Wildman–Crippen LogP) is 1.65. The van der Waals surface area contributed by atoms with Gasteiger partial charge in [0.05, 0.1) is 13.0 Å². The predicted molar refractivity (Wildman–Crippen MR) is 88.4 cm³/mol. The second-order valence-electron chi connectivity index (χ2n) is 4.57. The third-order valence-corrected chi connectivity index (χ3v) is 2.89. The first-order chi connectivity index (χ1) is 11.1. The van der Waals surface area contributed by atoms with Crippen LogP contribution in [0.4, 0.5) is 0 Å². The quantitative estimate of drug-likeness (QED) is 0.821. The SMILES string of the molecule is CC.Cc1ncc(CC(=O)NCC(=O)c2ccccc2)c(=O)[nH]1. The molecule has 2 aromatic rings. The van der Waals surface area contributed by atoms with Crippen LogP contribution in [-0.4, -0.2) is 28.2 Å². The van der Waals surface area contributed by atoms with Gasteiger partial charge in [0.15, 0.2) is 5.78 Å². The number of carbonyl (C=O) groups excluding carboxylic acids is 2. The van der Waals surface area contributed by atoms with Crippen molar-refractivity contribution in [2.75, 3.05) is 6.54 Å². The van der Waals surface area contributed by atoms with Crippen molar-refractivity contribution in [3.8, 4) is 0 Å². The highest BCUT2D eigenvalue weighted by atomic mass is 16.2. The molecule has 0 spiro atoms. The molecule has 0 fully saturated rings. The van der Waals surface area contributed by atoms with Crippen molar-refractivity contribution in [3.63, 3.8) is 0 Å². The summed E-state index contributed by atoms with van der Waals surface area (Å²) in [5.74, 6) is -0.0845. The lowest BCUT2D eigenvalue weighted by atomic mass is 10.1. The number of ketones is 1. The van der Waals surface area contributed by atoms with E-state index in [4.69, 9.17) is 0 Å². The zero-order valence-corrected chi connectivity index (χ0v) is 13.6. The summed E-state index contributed by atoms with van der Waals surface area (Å²) in [4.78, 5) is 41.6. The molecule has 0 saturated heterocycles. The van der Waals surface area contributed by atoms with Gasteiger partial charge >= 0.3 is 0 Å². The number of aromatic nitrogens is 2. The summed E-state index contributed by atoms with van der Waals surface area (Å²) >= 11 is 0. The van der Waals surface area contributed by atoms with Crippen molar-refractivity contribution in [2.24, 2.45) is 0 Å². The minimum atomic E-state index is -0.393. The number of rotatable bonds is 5. The summed E-state index contributed by atoms with van der Waals surface area (Å²) in [6.07, 6.45) is 1.26. The van der Waals surface area contributed by atoms with Crippen LogP contribution in [0.25, 0.3) is 0 Å². The maximum atomic E-state index is 11.8. The van der Waals surface area contributed by atoms with E-state index in [2.05, 4.69) is 15.3 Å². The standard InChI is InChI=1S/C15H15N3O3.C2H6/c1-10-16-8-12(15(21)18-10)7-14(20)17-9-13(19)11-5-3-2-4-6-11;1-2/h2-6,8H,7,9H2,1H3,(H,17,20)(H,16,18,21);1-2H3. The van der Waals surface area contributed by atoms with Crippen LogP contribution in [-0.2, 0) is 11.2 Å². The van der Waals surface area contributed by atoms with Crippen molar-refractivity contribution in [1.29, 1.82) is 0 Å². The van der Waals surface area contributed by atoms with Crippen LogP contribution in [0.1, 0.15) is 35.6 Å². The van der Waals surface area contributed by atoms with Crippen LogP contribution in [0, 0.1) is 6.92 Å². The average Bonchev–Trinajstić information content (AvgIpc) is 2.58. The molecule has 0 aliphatic heterocycles. The number of nitrogens with one attached hydrogen (secondary N) is 2. The molecule has 0 aliphatic carbocycles. The van der Waals surface area contributed by atoms with Crippen molar-refractivity contribution in [1.82, 2.24) is 15.3 Å². The maximum absolute atomic E-state index is 11.8. The van der Waals surface area contributed by atoms with Gasteiger partial charge in [0.25, 0.3) is 5.56 Å². The van der Waals surface area contributed by atoms with Crippen LogP contribution < -0.4 is 10.9 Å². The Kier molecular flexibility index (Phi) is 7.39. The molecule has 0 saturated carbocycles. The van der Waals surface area contributed by atoms with Crippen molar-refractivity contribution in [3.05, 3.63) is 63.8 Å². The van der Waals surface area contributed by atoms with E-state index in [0.717, 1.165) is 0 Å². The van der Waals surface area contributed by atoms with Gasteiger partial charge in [-0.25, -0.2) is 4.98 Å². The number of hydrogen-bond donors (Lipinski definition) is 2. The maximum Gasteiger partial charge on any atom is 0.254 e. The van der Waals surface area contributed by atoms with Crippen LogP contribution >= 0.6 is 0 Å². The highest BCUT2D eigenvalue weighted by Crippen LogP contribution is 1.99. The van der Waals surface area contributed by atoms with Crippen molar-refractivity contribution in [2.45, 2.75) is 27.2 Å². The van der Waals surface area contributed by atoms with Gasteiger partial charge < -0.3 is 10.3 Å². The highest BCUT2D eigenvalue weighted by Gasteiger charge is 2.10. The van der Waals surface area contributed by atoms with Gasteiger partial charge in [-0.2, -0.15) is 0 Å². The number of Topliss-reactive ketones (excluding diaryl/α,β-unsaturated/α-hetero) is 1. The number of hydrogen-bond acceptors (Lipinski definition) is 4. The molecule has 0 unspecified atom stereocenters. The highest BCUT2D eigenvalue weighted by molar-refractivity contribution is 5.99. The average molecular weight is 315 g/mol. The number of aromatic amines is 1. The summed E-state index contributed by atoms with van der Waals surface area (Å²) in [6, 6.07) is 8.69. The Balaban J connectivity index is 0.00000127. The monoisotopic (exact) mass is 315 g/mol. The Morgan fingerprint density at radius 3 is 2.43 bits per heavy atom. The smallest absolute Gasteiger partial charge is 0.254 e. The van der Waals surface area contributed by atoms with Crippen LogP contribution in [0.2, 0.25) is 0 Å². The fourth-order valence-corrected chi connectivity index (χ4v) is 1.78. The molecule has 1 aromatic heterocycles.